The highest BCUT2D eigenvalue weighted by Crippen LogP contribution is 2.47. The first-order chi connectivity index (χ1) is 15.4. The Labute approximate surface area is 201 Å². The second-order valence-corrected chi connectivity index (χ2v) is 10.1. The molecule has 6 rings (SSSR count). The van der Waals surface area contributed by atoms with Crippen LogP contribution in [0.5, 0.6) is 11.5 Å². The molecule has 0 spiro atoms. The summed E-state index contributed by atoms with van der Waals surface area (Å²) in [6.45, 7) is 3.93. The summed E-state index contributed by atoms with van der Waals surface area (Å²) < 4.78 is 1.38. The van der Waals surface area contributed by atoms with Gasteiger partial charge in [-0.25, -0.2) is 0 Å². The predicted octanol–water partition coefficient (Wildman–Crippen LogP) is 9.01. The molecule has 0 aromatic heterocycles. The molecule has 156 valence electrons. The van der Waals surface area contributed by atoms with E-state index in [2.05, 4.69) is 80.4 Å². The zero-order valence-corrected chi connectivity index (χ0v) is 20.6. The number of aryl methyl sites for hydroxylation is 2. The highest BCUT2D eigenvalue weighted by molar-refractivity contribution is 9.11. The molecule has 0 bridgehead atoms. The summed E-state index contributed by atoms with van der Waals surface area (Å²) in [5.74, 6) is 0.516. The minimum atomic E-state index is 0.258. The van der Waals surface area contributed by atoms with Gasteiger partial charge in [-0.2, -0.15) is 0 Å². The van der Waals surface area contributed by atoms with Crippen molar-refractivity contribution in [2.45, 2.75) is 13.8 Å². The van der Waals surface area contributed by atoms with Gasteiger partial charge in [-0.1, -0.05) is 48.5 Å². The highest BCUT2D eigenvalue weighted by atomic mass is 79.9. The van der Waals surface area contributed by atoms with Crippen molar-refractivity contribution >= 4 is 85.7 Å². The van der Waals surface area contributed by atoms with Gasteiger partial charge in [0.15, 0.2) is 0 Å². The summed E-state index contributed by atoms with van der Waals surface area (Å²) in [5.41, 5.74) is 1.68. The number of rotatable bonds is 0. The van der Waals surface area contributed by atoms with Crippen LogP contribution >= 0.6 is 31.9 Å². The molecule has 6 aromatic carbocycles. The fourth-order valence-corrected chi connectivity index (χ4v) is 6.30. The first-order valence-electron chi connectivity index (χ1n) is 10.4. The average molecular weight is 546 g/mol. The maximum Gasteiger partial charge on any atom is 0.133 e. The summed E-state index contributed by atoms with van der Waals surface area (Å²) in [4.78, 5) is 0. The molecular formula is C28H18Br2O2. The Kier molecular flexibility index (Phi) is 4.24. The van der Waals surface area contributed by atoms with Crippen molar-refractivity contribution in [3.05, 3.63) is 80.7 Å². The largest absolute Gasteiger partial charge is 0.506 e. The molecule has 32 heavy (non-hydrogen) atoms. The van der Waals surface area contributed by atoms with E-state index in [0.29, 0.717) is 8.95 Å². The fourth-order valence-electron chi connectivity index (χ4n) is 5.21. The average Bonchev–Trinajstić information content (AvgIpc) is 2.80. The van der Waals surface area contributed by atoms with Crippen LogP contribution < -0.4 is 0 Å². The van der Waals surface area contributed by atoms with E-state index in [1.54, 1.807) is 0 Å². The van der Waals surface area contributed by atoms with Crippen LogP contribution in [0.3, 0.4) is 0 Å². The van der Waals surface area contributed by atoms with Gasteiger partial charge in [-0.05, 0) is 112 Å². The lowest BCUT2D eigenvalue weighted by atomic mass is 9.86. The Hall–Kier alpha value is -2.82. The summed E-state index contributed by atoms with van der Waals surface area (Å²) >= 11 is 7.00. The molecule has 0 saturated carbocycles. The first kappa shape index (κ1) is 19.8. The van der Waals surface area contributed by atoms with Crippen molar-refractivity contribution < 1.29 is 10.2 Å². The third-order valence-electron chi connectivity index (χ3n) is 6.71. The number of aromatic hydroxyl groups is 2. The van der Waals surface area contributed by atoms with Crippen molar-refractivity contribution in [2.24, 2.45) is 0 Å². The minimum absolute atomic E-state index is 0.258. The van der Waals surface area contributed by atoms with Gasteiger partial charge >= 0.3 is 0 Å². The standard InChI is InChI=1S/C28H18Br2O2/c1-13-23-15(11-21(29)27(13)31)7-9-19-17-5-3-4-6-18(17)20-10-8-16-12-22(30)28(32)14(2)24(16)26(20)25(19)23/h3-12,31-32H,1-2H3. The Balaban J connectivity index is 2.08. The van der Waals surface area contributed by atoms with Gasteiger partial charge in [0.2, 0.25) is 0 Å². The number of hydrogen-bond donors (Lipinski definition) is 2. The molecule has 4 heteroatoms. The molecule has 0 aliphatic heterocycles. The molecule has 2 nitrogen and oxygen atoms in total. The van der Waals surface area contributed by atoms with Crippen molar-refractivity contribution in [3.8, 4) is 11.5 Å². The lowest BCUT2D eigenvalue weighted by molar-refractivity contribution is 0.468. The van der Waals surface area contributed by atoms with Gasteiger partial charge in [0.05, 0.1) is 8.95 Å². The van der Waals surface area contributed by atoms with Crippen LogP contribution in [0.25, 0.3) is 53.9 Å². The van der Waals surface area contributed by atoms with Crippen LogP contribution in [0.1, 0.15) is 11.1 Å². The van der Waals surface area contributed by atoms with Gasteiger partial charge in [-0.15, -0.1) is 0 Å². The molecule has 2 N–H and O–H groups in total. The molecule has 0 aliphatic carbocycles. The summed E-state index contributed by atoms with van der Waals surface area (Å²) in [6.07, 6.45) is 0. The van der Waals surface area contributed by atoms with Crippen LogP contribution in [0, 0.1) is 13.8 Å². The smallest absolute Gasteiger partial charge is 0.133 e. The molecule has 0 heterocycles. The van der Waals surface area contributed by atoms with Gasteiger partial charge in [0.1, 0.15) is 11.5 Å². The number of phenols is 2. The van der Waals surface area contributed by atoms with Gasteiger partial charge in [0, 0.05) is 11.1 Å². The van der Waals surface area contributed by atoms with Crippen LogP contribution in [0.15, 0.2) is 69.6 Å². The number of phenolic OH excluding ortho intramolecular Hbond substituents is 2. The van der Waals surface area contributed by atoms with Crippen LogP contribution in [-0.4, -0.2) is 10.2 Å². The zero-order valence-electron chi connectivity index (χ0n) is 17.4. The lowest BCUT2D eigenvalue weighted by Gasteiger charge is -2.18. The molecule has 0 aliphatic rings. The molecular weight excluding hydrogens is 528 g/mol. The zero-order chi connectivity index (χ0) is 22.3. The minimum Gasteiger partial charge on any atom is -0.506 e. The SMILES string of the molecule is Cc1c(O)c(Br)cc2ccc3c4ccccc4c4ccc5cc(Br)c(O)c(C)c5c4c3c12. The Morgan fingerprint density at radius 3 is 1.34 bits per heavy atom. The lowest BCUT2D eigenvalue weighted by Crippen LogP contribution is -1.91. The van der Waals surface area contributed by atoms with Crippen molar-refractivity contribution in [2.75, 3.05) is 0 Å². The topological polar surface area (TPSA) is 40.5 Å². The maximum atomic E-state index is 10.8. The van der Waals surface area contributed by atoms with E-state index in [9.17, 15) is 10.2 Å². The van der Waals surface area contributed by atoms with Crippen LogP contribution in [0.2, 0.25) is 0 Å². The quantitative estimate of drug-likeness (QED) is 0.187. The second-order valence-electron chi connectivity index (χ2n) is 8.38. The molecule has 0 fully saturated rings. The van der Waals surface area contributed by atoms with E-state index in [1.165, 1.54) is 10.8 Å². The predicted molar refractivity (Wildman–Crippen MR) is 142 cm³/mol. The molecule has 0 saturated heterocycles. The number of fused-ring (bicyclic) bond motifs is 10. The maximum absolute atomic E-state index is 10.8. The second kappa shape index (κ2) is 6.84. The number of hydrogen-bond acceptors (Lipinski definition) is 2. The van der Waals surface area contributed by atoms with Crippen LogP contribution in [0.4, 0.5) is 0 Å². The van der Waals surface area contributed by atoms with E-state index >= 15 is 0 Å². The molecule has 0 radical (unpaired) electrons. The van der Waals surface area contributed by atoms with Crippen molar-refractivity contribution in [1.82, 2.24) is 0 Å². The van der Waals surface area contributed by atoms with E-state index < -0.39 is 0 Å². The van der Waals surface area contributed by atoms with E-state index in [-0.39, 0.29) is 11.5 Å². The van der Waals surface area contributed by atoms with E-state index in [4.69, 9.17) is 0 Å². The van der Waals surface area contributed by atoms with E-state index in [1.807, 2.05) is 26.0 Å². The third kappa shape index (κ3) is 2.51. The van der Waals surface area contributed by atoms with Gasteiger partial charge in [-0.3, -0.25) is 0 Å². The molecule has 0 unspecified atom stereocenters. The van der Waals surface area contributed by atoms with Gasteiger partial charge in [0.25, 0.3) is 0 Å². The Morgan fingerprint density at radius 2 is 0.938 bits per heavy atom. The third-order valence-corrected chi connectivity index (χ3v) is 7.92. The van der Waals surface area contributed by atoms with Crippen LogP contribution in [-0.2, 0) is 0 Å². The monoisotopic (exact) mass is 544 g/mol. The number of benzene rings is 6. The fraction of sp³-hybridized carbons (Fsp3) is 0.0714. The van der Waals surface area contributed by atoms with Gasteiger partial charge < -0.3 is 10.2 Å². The summed E-state index contributed by atoms with van der Waals surface area (Å²) in [5, 5.41) is 32.6. The van der Waals surface area contributed by atoms with E-state index in [0.717, 1.165) is 54.2 Å². The Bertz CT molecular complexity index is 1650. The van der Waals surface area contributed by atoms with Crippen molar-refractivity contribution in [3.63, 3.8) is 0 Å². The molecule has 0 amide bonds. The summed E-state index contributed by atoms with van der Waals surface area (Å²) in [7, 11) is 0. The summed E-state index contributed by atoms with van der Waals surface area (Å²) in [6, 6.07) is 21.0. The highest BCUT2D eigenvalue weighted by Gasteiger charge is 2.19. The first-order valence-corrected chi connectivity index (χ1v) is 12.0. The molecule has 0 atom stereocenters. The normalized spacial score (nSPS) is 12.0. The number of halogens is 2. The van der Waals surface area contributed by atoms with Crippen molar-refractivity contribution in [1.29, 1.82) is 0 Å². The Morgan fingerprint density at radius 1 is 0.531 bits per heavy atom. The molecule has 6 aromatic rings.